The highest BCUT2D eigenvalue weighted by Gasteiger charge is 2.31. The number of rotatable bonds is 5. The molecule has 0 radical (unpaired) electrons. The average molecular weight is 451 g/mol. The number of hydrogen-bond donors (Lipinski definition) is 1. The summed E-state index contributed by atoms with van der Waals surface area (Å²) in [6.45, 7) is 7.36. The Labute approximate surface area is 192 Å². The van der Waals surface area contributed by atoms with Crippen molar-refractivity contribution >= 4 is 16.7 Å². The summed E-state index contributed by atoms with van der Waals surface area (Å²) in [5.41, 5.74) is 3.77. The molecule has 3 aliphatic heterocycles. The van der Waals surface area contributed by atoms with E-state index in [-0.39, 0.29) is 6.10 Å². The average Bonchev–Trinajstić information content (AvgIpc) is 3.18. The van der Waals surface area contributed by atoms with Crippen molar-refractivity contribution in [3.05, 3.63) is 35.5 Å². The molecule has 174 valence electrons. The Balaban J connectivity index is 1.32. The maximum Gasteiger partial charge on any atom is 0.320 e. The van der Waals surface area contributed by atoms with Crippen LogP contribution in [-0.4, -0.2) is 88.4 Å². The lowest BCUT2D eigenvalue weighted by molar-refractivity contribution is -0.0712. The van der Waals surface area contributed by atoms with Crippen LogP contribution in [0.1, 0.15) is 29.9 Å². The molecule has 5 heterocycles. The smallest absolute Gasteiger partial charge is 0.320 e. The van der Waals surface area contributed by atoms with Gasteiger partial charge in [-0.2, -0.15) is 15.1 Å². The van der Waals surface area contributed by atoms with Gasteiger partial charge in [0, 0.05) is 24.5 Å². The number of methoxy groups -OCH3 is 1. The Hall–Kier alpha value is -2.75. The third-order valence-corrected chi connectivity index (χ3v) is 7.33. The van der Waals surface area contributed by atoms with E-state index in [9.17, 15) is 5.11 Å². The molecule has 0 saturated carbocycles. The number of piperidine rings is 1. The van der Waals surface area contributed by atoms with Crippen molar-refractivity contribution in [1.82, 2.24) is 24.6 Å². The van der Waals surface area contributed by atoms with Crippen LogP contribution in [-0.2, 0) is 4.74 Å². The molecule has 1 aromatic carbocycles. The zero-order valence-electron chi connectivity index (χ0n) is 19.1. The highest BCUT2D eigenvalue weighted by atomic mass is 16.5. The fourth-order valence-corrected chi connectivity index (χ4v) is 5.24. The van der Waals surface area contributed by atoms with E-state index < -0.39 is 0 Å². The quantitative estimate of drug-likeness (QED) is 0.631. The van der Waals surface area contributed by atoms with E-state index >= 15 is 0 Å². The van der Waals surface area contributed by atoms with Crippen LogP contribution in [0.15, 0.2) is 24.4 Å². The number of fused-ring (bicyclic) bond motifs is 1. The van der Waals surface area contributed by atoms with Crippen molar-refractivity contribution < 1.29 is 14.6 Å². The van der Waals surface area contributed by atoms with Gasteiger partial charge in [0.1, 0.15) is 5.82 Å². The van der Waals surface area contributed by atoms with Crippen molar-refractivity contribution in [3.8, 4) is 11.8 Å². The van der Waals surface area contributed by atoms with E-state index in [2.05, 4.69) is 39.0 Å². The van der Waals surface area contributed by atoms with Crippen molar-refractivity contribution in [1.29, 1.82) is 0 Å². The Morgan fingerprint density at radius 3 is 2.48 bits per heavy atom. The van der Waals surface area contributed by atoms with Gasteiger partial charge in [0.15, 0.2) is 5.82 Å². The first-order valence-electron chi connectivity index (χ1n) is 11.8. The predicted octanol–water partition coefficient (Wildman–Crippen LogP) is 1.89. The number of anilines is 1. The summed E-state index contributed by atoms with van der Waals surface area (Å²) in [5, 5.41) is 15.5. The molecule has 0 atom stereocenters. The monoisotopic (exact) mass is 450 g/mol. The first-order valence-corrected chi connectivity index (χ1v) is 11.8. The predicted molar refractivity (Wildman–Crippen MR) is 124 cm³/mol. The van der Waals surface area contributed by atoms with Gasteiger partial charge in [0.25, 0.3) is 0 Å². The standard InChI is InChI=1S/C24H30N6O3/c1-15-7-17-10-25-30(23-9-22(26-24(27-23)32-2)29-11-19(31)12-29)21(17)8-20(15)16-3-5-28(6-4-16)18-13-33-14-18/h7-10,16,18-19,31H,3-6,11-14H2,1-2H3. The SMILES string of the molecule is COc1nc(N2CC(O)C2)cc(-n2ncc3cc(C)c(C4CCN(C5COC5)CC4)cc32)n1. The highest BCUT2D eigenvalue weighted by Crippen LogP contribution is 2.35. The van der Waals surface area contributed by atoms with Gasteiger partial charge in [-0.1, -0.05) is 0 Å². The van der Waals surface area contributed by atoms with E-state index in [4.69, 9.17) is 9.47 Å². The fourth-order valence-electron chi connectivity index (χ4n) is 5.24. The molecule has 9 nitrogen and oxygen atoms in total. The van der Waals surface area contributed by atoms with E-state index in [0.29, 0.717) is 36.9 Å². The molecule has 3 aliphatic rings. The number of aryl methyl sites for hydroxylation is 1. The summed E-state index contributed by atoms with van der Waals surface area (Å²) in [7, 11) is 1.57. The first kappa shape index (κ1) is 20.8. The second-order valence-corrected chi connectivity index (χ2v) is 9.46. The minimum Gasteiger partial charge on any atom is -0.467 e. The Bertz CT molecular complexity index is 1160. The van der Waals surface area contributed by atoms with Crippen LogP contribution in [0, 0.1) is 6.92 Å². The summed E-state index contributed by atoms with van der Waals surface area (Å²) in [6, 6.07) is 7.37. The van der Waals surface area contributed by atoms with Gasteiger partial charge in [-0.25, -0.2) is 4.68 Å². The molecule has 3 saturated heterocycles. The molecule has 0 amide bonds. The maximum atomic E-state index is 9.70. The summed E-state index contributed by atoms with van der Waals surface area (Å²) in [5.74, 6) is 1.96. The lowest BCUT2D eigenvalue weighted by atomic mass is 9.85. The molecule has 0 spiro atoms. The normalized spacial score (nSPS) is 20.8. The largest absolute Gasteiger partial charge is 0.467 e. The maximum absolute atomic E-state index is 9.70. The van der Waals surface area contributed by atoms with Gasteiger partial charge < -0.3 is 19.5 Å². The lowest BCUT2D eigenvalue weighted by Crippen LogP contribution is -2.51. The first-order chi connectivity index (χ1) is 16.1. The fraction of sp³-hybridized carbons (Fsp3) is 0.542. The molecule has 1 N–H and O–H groups in total. The van der Waals surface area contributed by atoms with Crippen molar-refractivity contribution in [2.75, 3.05) is 51.4 Å². The summed E-state index contributed by atoms with van der Waals surface area (Å²) in [6.07, 6.45) is 3.92. The number of nitrogens with zero attached hydrogens (tertiary/aromatic N) is 6. The number of hydrogen-bond acceptors (Lipinski definition) is 8. The number of likely N-dealkylation sites (tertiary alicyclic amines) is 1. The topological polar surface area (TPSA) is 88.8 Å². The van der Waals surface area contributed by atoms with E-state index in [0.717, 1.165) is 43.0 Å². The Kier molecular flexibility index (Phi) is 5.20. The van der Waals surface area contributed by atoms with Crippen LogP contribution < -0.4 is 9.64 Å². The van der Waals surface area contributed by atoms with Crippen molar-refractivity contribution in [2.24, 2.45) is 0 Å². The number of β-amino-alcohol motifs (C(OH)–C–C–N with tert-alkyl or cyclic N) is 1. The van der Waals surface area contributed by atoms with Gasteiger partial charge in [-0.3, -0.25) is 4.90 Å². The molecular weight excluding hydrogens is 420 g/mol. The number of aromatic nitrogens is 4. The van der Waals surface area contributed by atoms with Gasteiger partial charge in [-0.15, -0.1) is 0 Å². The third-order valence-electron chi connectivity index (χ3n) is 7.33. The van der Waals surface area contributed by atoms with Gasteiger partial charge >= 0.3 is 6.01 Å². The molecule has 0 bridgehead atoms. The summed E-state index contributed by atoms with van der Waals surface area (Å²) < 4.78 is 12.6. The van der Waals surface area contributed by atoms with Gasteiger partial charge in [0.05, 0.1) is 44.2 Å². The van der Waals surface area contributed by atoms with E-state index in [1.165, 1.54) is 24.0 Å². The Morgan fingerprint density at radius 1 is 1.06 bits per heavy atom. The number of ether oxygens (including phenoxy) is 2. The summed E-state index contributed by atoms with van der Waals surface area (Å²) in [4.78, 5) is 13.6. The summed E-state index contributed by atoms with van der Waals surface area (Å²) >= 11 is 0. The van der Waals surface area contributed by atoms with Crippen molar-refractivity contribution in [2.45, 2.75) is 37.8 Å². The zero-order valence-corrected chi connectivity index (χ0v) is 19.1. The van der Waals surface area contributed by atoms with Gasteiger partial charge in [0.2, 0.25) is 0 Å². The van der Waals surface area contributed by atoms with Gasteiger partial charge in [-0.05, 0) is 62.0 Å². The molecule has 6 rings (SSSR count). The Morgan fingerprint density at radius 2 is 1.82 bits per heavy atom. The second-order valence-electron chi connectivity index (χ2n) is 9.46. The van der Waals surface area contributed by atoms with E-state index in [1.54, 1.807) is 7.11 Å². The van der Waals surface area contributed by atoms with Crippen molar-refractivity contribution in [3.63, 3.8) is 0 Å². The minimum atomic E-state index is -0.311. The van der Waals surface area contributed by atoms with Crippen LogP contribution in [0.25, 0.3) is 16.7 Å². The molecule has 3 fully saturated rings. The lowest BCUT2D eigenvalue weighted by Gasteiger charge is -2.41. The number of benzene rings is 1. The third kappa shape index (κ3) is 3.74. The molecule has 9 heteroatoms. The van der Waals surface area contributed by atoms with Crippen LogP contribution in [0.2, 0.25) is 0 Å². The van der Waals surface area contributed by atoms with Crippen LogP contribution >= 0.6 is 0 Å². The molecule has 3 aromatic rings. The van der Waals surface area contributed by atoms with Crippen LogP contribution in [0.5, 0.6) is 6.01 Å². The minimum absolute atomic E-state index is 0.298. The second kappa shape index (κ2) is 8.23. The zero-order chi connectivity index (χ0) is 22.5. The number of aliphatic hydroxyl groups excluding tert-OH is 1. The van der Waals surface area contributed by atoms with Crippen LogP contribution in [0.3, 0.4) is 0 Å². The molecule has 33 heavy (non-hydrogen) atoms. The molecular formula is C24H30N6O3. The van der Waals surface area contributed by atoms with E-state index in [1.807, 2.05) is 21.8 Å². The molecule has 0 unspecified atom stereocenters. The molecule has 0 aliphatic carbocycles. The number of aliphatic hydroxyl groups is 1. The molecule has 2 aromatic heterocycles. The highest BCUT2D eigenvalue weighted by molar-refractivity contribution is 5.82. The van der Waals surface area contributed by atoms with Crippen LogP contribution in [0.4, 0.5) is 5.82 Å².